The van der Waals surface area contributed by atoms with Crippen LogP contribution in [0.15, 0.2) is 10.8 Å². The van der Waals surface area contributed by atoms with Crippen molar-refractivity contribution in [2.75, 3.05) is 31.1 Å². The predicted molar refractivity (Wildman–Crippen MR) is 96.2 cm³/mol. The summed E-state index contributed by atoms with van der Waals surface area (Å²) in [5.41, 5.74) is 0.237. The highest BCUT2D eigenvalue weighted by molar-refractivity contribution is 9.10. The molecule has 0 aromatic carbocycles. The second kappa shape index (κ2) is 6.93. The fraction of sp³-hybridized carbons (Fsp3) is 0.765. The van der Waals surface area contributed by atoms with Gasteiger partial charge in [0.15, 0.2) is 5.82 Å². The molecule has 3 heterocycles. The Bertz CT molecular complexity index is 532. The van der Waals surface area contributed by atoms with Gasteiger partial charge in [0.2, 0.25) is 0 Å². The van der Waals surface area contributed by atoms with Crippen molar-refractivity contribution in [2.24, 2.45) is 0 Å². The zero-order chi connectivity index (χ0) is 16.4. The first-order chi connectivity index (χ1) is 10.9. The van der Waals surface area contributed by atoms with Gasteiger partial charge in [-0.1, -0.05) is 0 Å². The highest BCUT2D eigenvalue weighted by Crippen LogP contribution is 2.31. The van der Waals surface area contributed by atoms with Crippen LogP contribution in [0.3, 0.4) is 0 Å². The van der Waals surface area contributed by atoms with Gasteiger partial charge in [-0.15, -0.1) is 0 Å². The molecule has 0 atom stereocenters. The fourth-order valence-electron chi connectivity index (χ4n) is 3.37. The third-order valence-corrected chi connectivity index (χ3v) is 5.15. The third-order valence-electron chi connectivity index (χ3n) is 4.77. The summed E-state index contributed by atoms with van der Waals surface area (Å²) in [4.78, 5) is 13.9. The van der Waals surface area contributed by atoms with Gasteiger partial charge in [0, 0.05) is 31.7 Å². The number of anilines is 1. The van der Waals surface area contributed by atoms with Gasteiger partial charge in [0.25, 0.3) is 5.88 Å². The van der Waals surface area contributed by atoms with Crippen LogP contribution in [-0.4, -0.2) is 52.7 Å². The maximum atomic E-state index is 6.27. The minimum atomic E-state index is 0.235. The number of piperidine rings is 1. The molecule has 23 heavy (non-hydrogen) atoms. The largest absolute Gasteiger partial charge is 0.472 e. The lowest BCUT2D eigenvalue weighted by Gasteiger charge is -2.40. The van der Waals surface area contributed by atoms with Crippen LogP contribution in [0.5, 0.6) is 5.88 Å². The summed E-state index contributed by atoms with van der Waals surface area (Å²) in [6, 6.07) is 0. The second-order valence-electron chi connectivity index (χ2n) is 7.49. The van der Waals surface area contributed by atoms with E-state index in [9.17, 15) is 0 Å². The van der Waals surface area contributed by atoms with E-state index in [0.717, 1.165) is 49.4 Å². The van der Waals surface area contributed by atoms with Gasteiger partial charge in [-0.2, -0.15) is 0 Å². The number of hydrogen-bond donors (Lipinski definition) is 0. The maximum absolute atomic E-state index is 6.27. The first kappa shape index (κ1) is 17.0. The molecule has 2 fully saturated rings. The van der Waals surface area contributed by atoms with Crippen molar-refractivity contribution in [2.45, 2.75) is 58.1 Å². The Morgan fingerprint density at radius 2 is 1.78 bits per heavy atom. The third kappa shape index (κ3) is 4.15. The normalized spacial score (nSPS) is 21.0. The first-order valence-electron chi connectivity index (χ1n) is 8.63. The van der Waals surface area contributed by atoms with Crippen molar-refractivity contribution >= 4 is 21.7 Å². The molecule has 1 aromatic rings. The molecular weight excluding hydrogens is 356 g/mol. The first-order valence-corrected chi connectivity index (χ1v) is 9.42. The zero-order valence-electron chi connectivity index (χ0n) is 14.4. The van der Waals surface area contributed by atoms with Gasteiger partial charge in [0.05, 0.1) is 6.20 Å². The number of rotatable bonds is 3. The molecule has 0 bridgehead atoms. The topological polar surface area (TPSA) is 41.5 Å². The molecule has 0 aliphatic carbocycles. The number of likely N-dealkylation sites (tertiary alicyclic amines) is 1. The van der Waals surface area contributed by atoms with E-state index in [1.54, 1.807) is 6.20 Å². The average molecular weight is 383 g/mol. The molecule has 0 saturated carbocycles. The van der Waals surface area contributed by atoms with Gasteiger partial charge in [0.1, 0.15) is 10.7 Å². The van der Waals surface area contributed by atoms with Crippen LogP contribution in [0.4, 0.5) is 5.82 Å². The average Bonchev–Trinajstić information content (AvgIpc) is 3.01. The lowest BCUT2D eigenvalue weighted by molar-refractivity contribution is 0.0472. The number of halogens is 1. The van der Waals surface area contributed by atoms with Crippen molar-refractivity contribution in [3.8, 4) is 5.88 Å². The zero-order valence-corrected chi connectivity index (χ0v) is 16.0. The van der Waals surface area contributed by atoms with Crippen LogP contribution in [0.2, 0.25) is 0 Å². The summed E-state index contributed by atoms with van der Waals surface area (Å²) >= 11 is 3.43. The summed E-state index contributed by atoms with van der Waals surface area (Å²) in [5, 5.41) is 0. The van der Waals surface area contributed by atoms with E-state index in [2.05, 4.69) is 56.5 Å². The van der Waals surface area contributed by atoms with Crippen molar-refractivity contribution in [3.63, 3.8) is 0 Å². The lowest BCUT2D eigenvalue weighted by atomic mass is 9.99. The van der Waals surface area contributed by atoms with Crippen molar-refractivity contribution < 1.29 is 4.74 Å². The van der Waals surface area contributed by atoms with Gasteiger partial charge in [-0.05, 0) is 62.4 Å². The van der Waals surface area contributed by atoms with Crippen LogP contribution in [-0.2, 0) is 0 Å². The number of nitrogens with zero attached hydrogens (tertiary/aromatic N) is 4. The Morgan fingerprint density at radius 3 is 2.39 bits per heavy atom. The highest BCUT2D eigenvalue weighted by atomic mass is 79.9. The van der Waals surface area contributed by atoms with Crippen molar-refractivity contribution in [1.29, 1.82) is 0 Å². The van der Waals surface area contributed by atoms with E-state index >= 15 is 0 Å². The Balaban J connectivity index is 1.67. The maximum Gasteiger partial charge on any atom is 0.259 e. The second-order valence-corrected chi connectivity index (χ2v) is 8.30. The highest BCUT2D eigenvalue weighted by Gasteiger charge is 2.29. The minimum Gasteiger partial charge on any atom is -0.472 e. The molecule has 0 N–H and O–H groups in total. The van der Waals surface area contributed by atoms with E-state index in [1.807, 2.05) is 0 Å². The fourth-order valence-corrected chi connectivity index (χ4v) is 3.64. The van der Waals surface area contributed by atoms with Gasteiger partial charge in [-0.25, -0.2) is 9.97 Å². The SMILES string of the molecule is CC(C)(C)N1CCC(Oc2nc(Br)cnc2N2CCCC2)CC1. The van der Waals surface area contributed by atoms with Gasteiger partial charge >= 0.3 is 0 Å². The molecule has 128 valence electrons. The number of aromatic nitrogens is 2. The molecule has 2 aliphatic rings. The van der Waals surface area contributed by atoms with Crippen LogP contribution in [0.1, 0.15) is 46.5 Å². The quantitative estimate of drug-likeness (QED) is 0.800. The van der Waals surface area contributed by atoms with Crippen LogP contribution < -0.4 is 9.64 Å². The monoisotopic (exact) mass is 382 g/mol. The van der Waals surface area contributed by atoms with E-state index in [1.165, 1.54) is 12.8 Å². The lowest BCUT2D eigenvalue weighted by Crippen LogP contribution is -2.48. The minimum absolute atomic E-state index is 0.235. The Kier molecular flexibility index (Phi) is 5.11. The summed E-state index contributed by atoms with van der Waals surface area (Å²) < 4.78 is 7.01. The molecule has 0 amide bonds. The number of ether oxygens (including phenoxy) is 1. The van der Waals surface area contributed by atoms with E-state index in [0.29, 0.717) is 5.88 Å². The molecule has 0 unspecified atom stereocenters. The van der Waals surface area contributed by atoms with Crippen LogP contribution in [0.25, 0.3) is 0 Å². The predicted octanol–water partition coefficient (Wildman–Crippen LogP) is 3.48. The smallest absolute Gasteiger partial charge is 0.259 e. The molecule has 1 aromatic heterocycles. The molecule has 2 saturated heterocycles. The summed E-state index contributed by atoms with van der Waals surface area (Å²) in [7, 11) is 0. The summed E-state index contributed by atoms with van der Waals surface area (Å²) in [6.07, 6.45) is 6.54. The van der Waals surface area contributed by atoms with E-state index < -0.39 is 0 Å². The molecule has 3 rings (SSSR count). The van der Waals surface area contributed by atoms with Crippen LogP contribution in [0, 0.1) is 0 Å². The molecule has 5 nitrogen and oxygen atoms in total. The van der Waals surface area contributed by atoms with Gasteiger partial charge in [-0.3, -0.25) is 4.90 Å². The summed E-state index contributed by atoms with van der Waals surface area (Å²) in [5.74, 6) is 1.60. The summed E-state index contributed by atoms with van der Waals surface area (Å²) in [6.45, 7) is 11.1. The molecule has 0 spiro atoms. The molecule has 2 aliphatic heterocycles. The van der Waals surface area contributed by atoms with Gasteiger partial charge < -0.3 is 9.64 Å². The van der Waals surface area contributed by atoms with Crippen molar-refractivity contribution in [1.82, 2.24) is 14.9 Å². The standard InChI is InChI=1S/C17H27BrN4O/c1-17(2,3)22-10-6-13(7-11-22)23-16-15(19-12-14(18)20-16)21-8-4-5-9-21/h12-13H,4-11H2,1-3H3. The molecule has 6 heteroatoms. The molecular formula is C17H27BrN4O. The Hall–Kier alpha value is -0.880. The van der Waals surface area contributed by atoms with E-state index in [4.69, 9.17) is 4.74 Å². The Labute approximate surface area is 147 Å². The van der Waals surface area contributed by atoms with E-state index in [-0.39, 0.29) is 11.6 Å². The molecule has 0 radical (unpaired) electrons. The number of hydrogen-bond acceptors (Lipinski definition) is 5. The van der Waals surface area contributed by atoms with Crippen molar-refractivity contribution in [3.05, 3.63) is 10.8 Å². The van der Waals surface area contributed by atoms with Crippen LogP contribution >= 0.6 is 15.9 Å². The Morgan fingerprint density at radius 1 is 1.13 bits per heavy atom.